The van der Waals surface area contributed by atoms with Crippen LogP contribution < -0.4 is 0 Å². The Bertz CT molecular complexity index is 782. The summed E-state index contributed by atoms with van der Waals surface area (Å²) in [6.45, 7) is 0.0581. The summed E-state index contributed by atoms with van der Waals surface area (Å²) in [6.07, 6.45) is -2.60. The third kappa shape index (κ3) is 4.68. The van der Waals surface area contributed by atoms with Gasteiger partial charge in [-0.05, 0) is 11.1 Å². The van der Waals surface area contributed by atoms with Crippen molar-refractivity contribution in [2.24, 2.45) is 0 Å². The molecule has 28 heavy (non-hydrogen) atoms. The molecule has 0 aromatic heterocycles. The highest BCUT2D eigenvalue weighted by Gasteiger charge is 2.49. The molecule has 2 aromatic carbocycles. The fraction of sp³-hybridized carbons (Fsp3) is 0.333. The Labute approximate surface area is 163 Å². The van der Waals surface area contributed by atoms with Gasteiger partial charge in [0.1, 0.15) is 25.4 Å². The standard InChI is InChI=1S/C21H23NO6/c1-26-19-17(23)12-22(21(25)28-14-16-10-6-3-7-11-16)18(19)20(24)27-13-15-8-4-2-5-9-15/h2-11,17-19,23H,12-14H2,1H3/t17-,18-,19+/m0/s1. The number of carbonyl (C=O) groups is 2. The van der Waals surface area contributed by atoms with Gasteiger partial charge in [-0.2, -0.15) is 0 Å². The number of carbonyl (C=O) groups excluding carboxylic acids is 2. The van der Waals surface area contributed by atoms with Gasteiger partial charge in [0.2, 0.25) is 0 Å². The smallest absolute Gasteiger partial charge is 0.411 e. The zero-order chi connectivity index (χ0) is 19.9. The Morgan fingerprint density at radius 2 is 1.50 bits per heavy atom. The van der Waals surface area contributed by atoms with Gasteiger partial charge in [0.05, 0.1) is 6.54 Å². The molecule has 3 atom stereocenters. The maximum Gasteiger partial charge on any atom is 0.411 e. The SMILES string of the molecule is CO[C@H]1[C@@H](C(=O)OCc2ccccc2)N(C(=O)OCc2ccccc2)C[C@@H]1O. The van der Waals surface area contributed by atoms with E-state index in [1.165, 1.54) is 7.11 Å². The highest BCUT2D eigenvalue weighted by atomic mass is 16.6. The topological polar surface area (TPSA) is 85.3 Å². The quantitative estimate of drug-likeness (QED) is 0.767. The molecule has 2 aromatic rings. The summed E-state index contributed by atoms with van der Waals surface area (Å²) < 4.78 is 15.9. The lowest BCUT2D eigenvalue weighted by molar-refractivity contribution is -0.154. The van der Waals surface area contributed by atoms with E-state index in [0.717, 1.165) is 16.0 Å². The van der Waals surface area contributed by atoms with E-state index in [-0.39, 0.29) is 19.8 Å². The predicted molar refractivity (Wildman–Crippen MR) is 100 cm³/mol. The molecule has 1 saturated heterocycles. The van der Waals surface area contributed by atoms with Crippen molar-refractivity contribution >= 4 is 12.1 Å². The van der Waals surface area contributed by atoms with Gasteiger partial charge in [0, 0.05) is 7.11 Å². The van der Waals surface area contributed by atoms with E-state index in [1.54, 1.807) is 0 Å². The average Bonchev–Trinajstić information content (AvgIpc) is 3.08. The maximum atomic E-state index is 12.7. The van der Waals surface area contributed by atoms with Crippen molar-refractivity contribution in [3.63, 3.8) is 0 Å². The summed E-state index contributed by atoms with van der Waals surface area (Å²) >= 11 is 0. The molecule has 0 radical (unpaired) electrons. The van der Waals surface area contributed by atoms with Gasteiger partial charge in [0.15, 0.2) is 6.04 Å². The third-order valence-electron chi connectivity index (χ3n) is 4.59. The molecule has 0 saturated carbocycles. The Hall–Kier alpha value is -2.90. The van der Waals surface area contributed by atoms with E-state index in [0.29, 0.717) is 0 Å². The number of amides is 1. The molecule has 0 spiro atoms. The minimum atomic E-state index is -1.08. The van der Waals surface area contributed by atoms with Gasteiger partial charge in [-0.3, -0.25) is 4.90 Å². The van der Waals surface area contributed by atoms with Crippen LogP contribution in [-0.2, 0) is 32.2 Å². The molecule has 1 amide bonds. The highest BCUT2D eigenvalue weighted by Crippen LogP contribution is 2.24. The lowest BCUT2D eigenvalue weighted by Gasteiger charge is -2.25. The number of aliphatic hydroxyl groups excluding tert-OH is 1. The van der Waals surface area contributed by atoms with Crippen LogP contribution >= 0.6 is 0 Å². The number of esters is 1. The van der Waals surface area contributed by atoms with Gasteiger partial charge in [-0.15, -0.1) is 0 Å². The van der Waals surface area contributed by atoms with Gasteiger partial charge >= 0.3 is 12.1 Å². The van der Waals surface area contributed by atoms with Crippen LogP contribution in [0, 0.1) is 0 Å². The van der Waals surface area contributed by atoms with Crippen LogP contribution in [0.1, 0.15) is 11.1 Å². The van der Waals surface area contributed by atoms with Crippen molar-refractivity contribution in [1.82, 2.24) is 4.90 Å². The van der Waals surface area contributed by atoms with E-state index in [2.05, 4.69) is 0 Å². The number of likely N-dealkylation sites (tertiary alicyclic amines) is 1. The van der Waals surface area contributed by atoms with Crippen LogP contribution in [0.4, 0.5) is 4.79 Å². The largest absolute Gasteiger partial charge is 0.459 e. The molecule has 1 aliphatic heterocycles. The third-order valence-corrected chi connectivity index (χ3v) is 4.59. The van der Waals surface area contributed by atoms with Crippen LogP contribution in [-0.4, -0.2) is 54.0 Å². The number of rotatable bonds is 6. The summed E-state index contributed by atoms with van der Waals surface area (Å²) in [5.41, 5.74) is 1.64. The number of hydrogen-bond donors (Lipinski definition) is 1. The van der Waals surface area contributed by atoms with Gasteiger partial charge in [0.25, 0.3) is 0 Å². The second-order valence-electron chi connectivity index (χ2n) is 6.50. The fourth-order valence-corrected chi connectivity index (χ4v) is 3.16. The minimum absolute atomic E-state index is 0.0651. The number of aliphatic hydroxyl groups is 1. The number of methoxy groups -OCH3 is 1. The Kier molecular flexibility index (Phi) is 6.62. The summed E-state index contributed by atoms with van der Waals surface area (Å²) in [5.74, 6) is -0.649. The first-order chi connectivity index (χ1) is 13.6. The molecule has 148 valence electrons. The molecule has 1 heterocycles. The molecule has 7 nitrogen and oxygen atoms in total. The first-order valence-electron chi connectivity index (χ1n) is 8.99. The Morgan fingerprint density at radius 1 is 0.964 bits per heavy atom. The molecule has 1 fully saturated rings. The van der Waals surface area contributed by atoms with Crippen molar-refractivity contribution in [3.8, 4) is 0 Å². The molecular weight excluding hydrogens is 362 g/mol. The molecule has 7 heteroatoms. The highest BCUT2D eigenvalue weighted by molar-refractivity contribution is 5.83. The van der Waals surface area contributed by atoms with Crippen LogP contribution in [0.25, 0.3) is 0 Å². The van der Waals surface area contributed by atoms with Gasteiger partial charge in [-0.1, -0.05) is 60.7 Å². The second kappa shape index (κ2) is 9.34. The first kappa shape index (κ1) is 19.9. The zero-order valence-electron chi connectivity index (χ0n) is 15.6. The summed E-state index contributed by atoms with van der Waals surface area (Å²) in [6, 6.07) is 17.3. The van der Waals surface area contributed by atoms with Crippen molar-refractivity contribution in [1.29, 1.82) is 0 Å². The minimum Gasteiger partial charge on any atom is -0.459 e. The van der Waals surface area contributed by atoms with Crippen LogP contribution in [0.15, 0.2) is 60.7 Å². The van der Waals surface area contributed by atoms with Crippen LogP contribution in [0.2, 0.25) is 0 Å². The summed E-state index contributed by atoms with van der Waals surface area (Å²) in [4.78, 5) is 26.4. The van der Waals surface area contributed by atoms with Crippen molar-refractivity contribution in [3.05, 3.63) is 71.8 Å². The van der Waals surface area contributed by atoms with Crippen molar-refractivity contribution < 1.29 is 28.9 Å². The van der Waals surface area contributed by atoms with E-state index in [9.17, 15) is 14.7 Å². The van der Waals surface area contributed by atoms with Gasteiger partial charge in [-0.25, -0.2) is 9.59 Å². The van der Waals surface area contributed by atoms with Crippen molar-refractivity contribution in [2.75, 3.05) is 13.7 Å². The molecule has 1 aliphatic rings. The monoisotopic (exact) mass is 385 g/mol. The predicted octanol–water partition coefficient (Wildman–Crippen LogP) is 2.13. The molecule has 1 N–H and O–H groups in total. The van der Waals surface area contributed by atoms with Crippen LogP contribution in [0.3, 0.4) is 0 Å². The number of hydrogen-bond acceptors (Lipinski definition) is 6. The lowest BCUT2D eigenvalue weighted by atomic mass is 10.1. The fourth-order valence-electron chi connectivity index (χ4n) is 3.16. The Morgan fingerprint density at radius 3 is 2.04 bits per heavy atom. The molecule has 0 unspecified atom stereocenters. The van der Waals surface area contributed by atoms with Gasteiger partial charge < -0.3 is 19.3 Å². The Balaban J connectivity index is 1.66. The average molecular weight is 385 g/mol. The summed E-state index contributed by atoms with van der Waals surface area (Å²) in [5, 5.41) is 10.2. The van der Waals surface area contributed by atoms with E-state index >= 15 is 0 Å². The van der Waals surface area contributed by atoms with E-state index in [1.807, 2.05) is 60.7 Å². The molecule has 0 aliphatic carbocycles. The van der Waals surface area contributed by atoms with Crippen LogP contribution in [0.5, 0.6) is 0 Å². The number of β-amino-alcohol motifs (C(OH)–C–C–N with tert-alkyl or cyclic N) is 1. The maximum absolute atomic E-state index is 12.7. The number of benzene rings is 2. The number of nitrogens with zero attached hydrogens (tertiary/aromatic N) is 1. The van der Waals surface area contributed by atoms with E-state index in [4.69, 9.17) is 14.2 Å². The lowest BCUT2D eigenvalue weighted by Crippen LogP contribution is -2.47. The molecular formula is C21H23NO6. The molecule has 3 rings (SSSR count). The normalized spacial score (nSPS) is 21.4. The molecule has 0 bridgehead atoms. The second-order valence-corrected chi connectivity index (χ2v) is 6.50. The summed E-state index contributed by atoms with van der Waals surface area (Å²) in [7, 11) is 1.38. The number of ether oxygens (including phenoxy) is 3. The van der Waals surface area contributed by atoms with E-state index < -0.39 is 30.3 Å². The van der Waals surface area contributed by atoms with Crippen molar-refractivity contribution in [2.45, 2.75) is 31.5 Å². The zero-order valence-corrected chi connectivity index (χ0v) is 15.6. The first-order valence-corrected chi connectivity index (χ1v) is 8.99.